The van der Waals surface area contributed by atoms with Crippen LogP contribution < -0.4 is 10.5 Å². The van der Waals surface area contributed by atoms with Crippen molar-refractivity contribution < 1.29 is 8.42 Å². The number of allylic oxidation sites excluding steroid dienone is 1. The van der Waals surface area contributed by atoms with Gasteiger partial charge in [-0.05, 0) is 30.9 Å². The molecule has 126 valence electrons. The molecule has 6 nitrogen and oxygen atoms in total. The Balaban J connectivity index is 2.27. The SMILES string of the molecule is C/C(Cl)=C\N=CC(C)c1csc([C@]2(C)CS(=O)(=O)NC(N)=N2)c1. The van der Waals surface area contributed by atoms with E-state index in [-0.39, 0.29) is 17.6 Å². The molecule has 9 heteroatoms. The zero-order chi connectivity index (χ0) is 17.3. The van der Waals surface area contributed by atoms with Crippen LogP contribution in [0.25, 0.3) is 0 Å². The maximum Gasteiger partial charge on any atom is 0.237 e. The van der Waals surface area contributed by atoms with Crippen molar-refractivity contribution in [3.05, 3.63) is 33.1 Å². The number of rotatable bonds is 4. The fourth-order valence-corrected chi connectivity index (χ4v) is 4.91. The van der Waals surface area contributed by atoms with Crippen molar-refractivity contribution in [1.82, 2.24) is 4.72 Å². The van der Waals surface area contributed by atoms with Gasteiger partial charge in [0, 0.05) is 28.2 Å². The summed E-state index contributed by atoms with van der Waals surface area (Å²) in [4.78, 5) is 9.30. The average Bonchev–Trinajstić information content (AvgIpc) is 2.85. The maximum absolute atomic E-state index is 11.9. The molecule has 1 aromatic heterocycles. The molecule has 0 aromatic carbocycles. The molecular weight excluding hydrogens is 356 g/mol. The van der Waals surface area contributed by atoms with Gasteiger partial charge in [0.05, 0.1) is 5.75 Å². The van der Waals surface area contributed by atoms with E-state index in [1.165, 1.54) is 11.3 Å². The molecule has 1 aromatic rings. The monoisotopic (exact) mass is 374 g/mol. The lowest BCUT2D eigenvalue weighted by molar-refractivity contribution is 0.522. The molecule has 2 atom stereocenters. The Kier molecular flexibility index (Phi) is 5.17. The van der Waals surface area contributed by atoms with E-state index in [1.807, 2.05) is 18.4 Å². The molecule has 1 aliphatic rings. The Morgan fingerprint density at radius 3 is 2.96 bits per heavy atom. The van der Waals surface area contributed by atoms with Gasteiger partial charge in [0.2, 0.25) is 16.0 Å². The number of thiophene rings is 1. The summed E-state index contributed by atoms with van der Waals surface area (Å²) in [7, 11) is -3.47. The third-order valence-electron chi connectivity index (χ3n) is 3.34. The average molecular weight is 375 g/mol. The van der Waals surface area contributed by atoms with Crippen molar-refractivity contribution in [1.29, 1.82) is 0 Å². The van der Waals surface area contributed by atoms with E-state index < -0.39 is 15.6 Å². The van der Waals surface area contributed by atoms with Gasteiger partial charge in [0.1, 0.15) is 5.54 Å². The van der Waals surface area contributed by atoms with Gasteiger partial charge in [-0.15, -0.1) is 11.3 Å². The van der Waals surface area contributed by atoms with Crippen LogP contribution in [-0.2, 0) is 15.6 Å². The van der Waals surface area contributed by atoms with Crippen molar-refractivity contribution in [2.24, 2.45) is 15.7 Å². The van der Waals surface area contributed by atoms with Crippen molar-refractivity contribution in [3.8, 4) is 0 Å². The highest BCUT2D eigenvalue weighted by molar-refractivity contribution is 7.90. The standard InChI is InChI=1S/C14H19ClN4O2S2/c1-9(5-17-6-10(2)15)11-4-12(22-7-11)14(3)8-23(20,21)19-13(16)18-14/h4-7,9H,8H2,1-3H3,(H3,16,18,19)/b10-6+,17-5?/t9?,14-/m0/s1. The lowest BCUT2D eigenvalue weighted by Crippen LogP contribution is -2.49. The van der Waals surface area contributed by atoms with E-state index in [0.717, 1.165) is 10.4 Å². The number of halogens is 1. The minimum atomic E-state index is -3.47. The van der Waals surface area contributed by atoms with Crippen LogP contribution >= 0.6 is 22.9 Å². The summed E-state index contributed by atoms with van der Waals surface area (Å²) in [5.74, 6) is -0.126. The van der Waals surface area contributed by atoms with E-state index in [2.05, 4.69) is 14.7 Å². The maximum atomic E-state index is 11.9. The largest absolute Gasteiger partial charge is 0.369 e. The number of sulfonamides is 1. The van der Waals surface area contributed by atoms with E-state index in [1.54, 1.807) is 26.3 Å². The first-order valence-corrected chi connectivity index (χ1v) is 9.82. The minimum absolute atomic E-state index is 0.0777. The Bertz CT molecular complexity index is 778. The summed E-state index contributed by atoms with van der Waals surface area (Å²) in [5.41, 5.74) is 5.78. The van der Waals surface area contributed by atoms with Crippen LogP contribution in [0, 0.1) is 0 Å². The van der Waals surface area contributed by atoms with E-state index >= 15 is 0 Å². The highest BCUT2D eigenvalue weighted by atomic mass is 35.5. The van der Waals surface area contributed by atoms with Gasteiger partial charge in [0.25, 0.3) is 0 Å². The van der Waals surface area contributed by atoms with E-state index in [0.29, 0.717) is 5.03 Å². The second kappa shape index (κ2) is 6.62. The second-order valence-corrected chi connectivity index (χ2v) is 8.91. The quantitative estimate of drug-likeness (QED) is 0.792. The summed E-state index contributed by atoms with van der Waals surface area (Å²) in [5, 5.41) is 2.59. The summed E-state index contributed by atoms with van der Waals surface area (Å²) in [6.45, 7) is 5.53. The van der Waals surface area contributed by atoms with Crippen molar-refractivity contribution in [2.45, 2.75) is 32.2 Å². The van der Waals surface area contributed by atoms with E-state index in [9.17, 15) is 8.42 Å². The minimum Gasteiger partial charge on any atom is -0.369 e. The second-order valence-electron chi connectivity index (χ2n) is 5.68. The normalized spacial score (nSPS) is 25.9. The number of nitrogens with zero attached hydrogens (tertiary/aromatic N) is 2. The Labute approximate surface area is 145 Å². The predicted molar refractivity (Wildman–Crippen MR) is 96.7 cm³/mol. The molecule has 1 unspecified atom stereocenters. The topological polar surface area (TPSA) is 96.9 Å². The van der Waals surface area contributed by atoms with Crippen LogP contribution in [0.3, 0.4) is 0 Å². The molecule has 0 fully saturated rings. The molecule has 0 amide bonds. The van der Waals surface area contributed by atoms with E-state index in [4.69, 9.17) is 17.3 Å². The van der Waals surface area contributed by atoms with Crippen LogP contribution in [0.5, 0.6) is 0 Å². The lowest BCUT2D eigenvalue weighted by Gasteiger charge is -2.28. The van der Waals surface area contributed by atoms with Crippen LogP contribution in [0.2, 0.25) is 0 Å². The number of hydrogen-bond donors (Lipinski definition) is 2. The van der Waals surface area contributed by atoms with Crippen molar-refractivity contribution >= 4 is 45.1 Å². The van der Waals surface area contributed by atoms with Crippen molar-refractivity contribution in [2.75, 3.05) is 5.75 Å². The Morgan fingerprint density at radius 2 is 2.35 bits per heavy atom. The number of aliphatic imine (C=N–C) groups is 2. The highest BCUT2D eigenvalue weighted by Crippen LogP contribution is 2.35. The number of guanidine groups is 1. The lowest BCUT2D eigenvalue weighted by atomic mass is 10.00. The summed E-state index contributed by atoms with van der Waals surface area (Å²) in [6.07, 6.45) is 3.37. The third kappa shape index (κ3) is 4.55. The van der Waals surface area contributed by atoms with Gasteiger partial charge in [-0.1, -0.05) is 18.5 Å². The van der Waals surface area contributed by atoms with Gasteiger partial charge >= 0.3 is 0 Å². The molecule has 0 saturated heterocycles. The first kappa shape index (κ1) is 18.0. The number of nitrogens with two attached hydrogens (primary N) is 1. The smallest absolute Gasteiger partial charge is 0.237 e. The van der Waals surface area contributed by atoms with Gasteiger partial charge < -0.3 is 5.73 Å². The highest BCUT2D eigenvalue weighted by Gasteiger charge is 2.38. The Morgan fingerprint density at radius 1 is 1.65 bits per heavy atom. The zero-order valence-electron chi connectivity index (χ0n) is 13.1. The molecule has 0 saturated carbocycles. The van der Waals surface area contributed by atoms with Crippen LogP contribution in [0.4, 0.5) is 0 Å². The molecule has 2 heterocycles. The van der Waals surface area contributed by atoms with Gasteiger partial charge in [-0.25, -0.2) is 13.4 Å². The van der Waals surface area contributed by atoms with Gasteiger partial charge in [0.15, 0.2) is 0 Å². The first-order valence-electron chi connectivity index (χ1n) is 6.91. The Hall–Kier alpha value is -1.38. The van der Waals surface area contributed by atoms with Crippen LogP contribution in [0.1, 0.15) is 37.1 Å². The molecule has 23 heavy (non-hydrogen) atoms. The number of nitrogens with one attached hydrogen (secondary N) is 1. The summed E-state index contributed by atoms with van der Waals surface area (Å²) >= 11 is 7.20. The van der Waals surface area contributed by atoms with Gasteiger partial charge in [-0.3, -0.25) is 9.71 Å². The summed E-state index contributed by atoms with van der Waals surface area (Å²) < 4.78 is 26.0. The molecule has 0 aliphatic carbocycles. The van der Waals surface area contributed by atoms with Crippen LogP contribution in [0.15, 0.2) is 32.7 Å². The fourth-order valence-electron chi connectivity index (χ4n) is 2.25. The molecule has 0 radical (unpaired) electrons. The molecule has 3 N–H and O–H groups in total. The van der Waals surface area contributed by atoms with Gasteiger partial charge in [-0.2, -0.15) is 0 Å². The number of hydrogen-bond acceptors (Lipinski definition) is 6. The fraction of sp³-hybridized carbons (Fsp3) is 0.429. The molecule has 0 bridgehead atoms. The first-order chi connectivity index (χ1) is 10.6. The van der Waals surface area contributed by atoms with Crippen LogP contribution in [-0.4, -0.2) is 26.3 Å². The molecule has 1 aliphatic heterocycles. The van der Waals surface area contributed by atoms with Crippen molar-refractivity contribution in [3.63, 3.8) is 0 Å². The molecular formula is C14H19ClN4O2S2. The summed E-state index contributed by atoms with van der Waals surface area (Å²) in [6, 6.07) is 1.95. The predicted octanol–water partition coefficient (Wildman–Crippen LogP) is 2.49. The molecule has 2 rings (SSSR count). The molecule has 0 spiro atoms. The third-order valence-corrected chi connectivity index (χ3v) is 6.10. The zero-order valence-corrected chi connectivity index (χ0v) is 15.5.